The zero-order chi connectivity index (χ0) is 14.4. The van der Waals surface area contributed by atoms with Crippen molar-refractivity contribution in [2.75, 3.05) is 25.5 Å². The number of nitrogens with zero attached hydrogens (tertiary/aromatic N) is 1. The SMILES string of the molecule is COc1ccncc1NC(=O)CC(C)C1CCCNC1. The molecule has 0 bridgehead atoms. The van der Waals surface area contributed by atoms with E-state index in [2.05, 4.69) is 22.5 Å². The van der Waals surface area contributed by atoms with Gasteiger partial charge in [0, 0.05) is 18.7 Å². The molecule has 1 aliphatic rings. The van der Waals surface area contributed by atoms with Gasteiger partial charge in [-0.2, -0.15) is 0 Å². The maximum atomic E-state index is 12.1. The summed E-state index contributed by atoms with van der Waals surface area (Å²) >= 11 is 0. The lowest BCUT2D eigenvalue weighted by atomic mass is 9.85. The van der Waals surface area contributed by atoms with E-state index < -0.39 is 0 Å². The molecule has 110 valence electrons. The van der Waals surface area contributed by atoms with Gasteiger partial charge in [0.25, 0.3) is 0 Å². The van der Waals surface area contributed by atoms with Crippen molar-refractivity contribution in [3.63, 3.8) is 0 Å². The predicted octanol–water partition coefficient (Wildman–Crippen LogP) is 2.05. The van der Waals surface area contributed by atoms with E-state index in [1.807, 2.05) is 0 Å². The molecular weight excluding hydrogens is 254 g/mol. The molecule has 0 aliphatic carbocycles. The van der Waals surface area contributed by atoms with E-state index >= 15 is 0 Å². The number of amides is 1. The number of hydrogen-bond acceptors (Lipinski definition) is 4. The fourth-order valence-corrected chi connectivity index (χ4v) is 2.68. The van der Waals surface area contributed by atoms with Crippen LogP contribution < -0.4 is 15.4 Å². The number of aromatic nitrogens is 1. The molecule has 1 amide bonds. The van der Waals surface area contributed by atoms with Crippen molar-refractivity contribution in [2.24, 2.45) is 11.8 Å². The van der Waals surface area contributed by atoms with Gasteiger partial charge in [-0.3, -0.25) is 9.78 Å². The molecule has 5 nitrogen and oxygen atoms in total. The van der Waals surface area contributed by atoms with Gasteiger partial charge in [-0.25, -0.2) is 0 Å². The standard InChI is InChI=1S/C15H23N3O2/c1-11(12-4-3-6-16-9-12)8-15(19)18-13-10-17-7-5-14(13)20-2/h5,7,10-12,16H,3-4,6,8-9H2,1-2H3,(H,18,19). The molecule has 0 radical (unpaired) electrons. The molecule has 20 heavy (non-hydrogen) atoms. The van der Waals surface area contributed by atoms with Crippen molar-refractivity contribution in [1.29, 1.82) is 0 Å². The first-order chi connectivity index (χ1) is 9.70. The molecule has 1 aromatic rings. The van der Waals surface area contributed by atoms with Crippen LogP contribution in [0.25, 0.3) is 0 Å². The highest BCUT2D eigenvalue weighted by Crippen LogP contribution is 2.25. The summed E-state index contributed by atoms with van der Waals surface area (Å²) in [6, 6.07) is 1.74. The second-order valence-corrected chi connectivity index (χ2v) is 5.41. The number of anilines is 1. The van der Waals surface area contributed by atoms with Gasteiger partial charge in [0.1, 0.15) is 11.4 Å². The van der Waals surface area contributed by atoms with Gasteiger partial charge in [0.15, 0.2) is 0 Å². The smallest absolute Gasteiger partial charge is 0.224 e. The molecule has 2 atom stereocenters. The minimum absolute atomic E-state index is 0.0226. The summed E-state index contributed by atoms with van der Waals surface area (Å²) < 4.78 is 5.20. The van der Waals surface area contributed by atoms with Gasteiger partial charge >= 0.3 is 0 Å². The Labute approximate surface area is 120 Å². The van der Waals surface area contributed by atoms with E-state index in [9.17, 15) is 4.79 Å². The van der Waals surface area contributed by atoms with Crippen LogP contribution in [0.3, 0.4) is 0 Å². The molecular formula is C15H23N3O2. The van der Waals surface area contributed by atoms with Crippen LogP contribution in [0.1, 0.15) is 26.2 Å². The fourth-order valence-electron chi connectivity index (χ4n) is 2.68. The van der Waals surface area contributed by atoms with Crippen LogP contribution >= 0.6 is 0 Å². The lowest BCUT2D eigenvalue weighted by Gasteiger charge is -2.28. The van der Waals surface area contributed by atoms with Crippen molar-refractivity contribution in [2.45, 2.75) is 26.2 Å². The van der Waals surface area contributed by atoms with E-state index in [1.165, 1.54) is 12.8 Å². The van der Waals surface area contributed by atoms with Gasteiger partial charge < -0.3 is 15.4 Å². The van der Waals surface area contributed by atoms with Crippen molar-refractivity contribution in [1.82, 2.24) is 10.3 Å². The Morgan fingerprint density at radius 1 is 1.65 bits per heavy atom. The van der Waals surface area contributed by atoms with Crippen molar-refractivity contribution < 1.29 is 9.53 Å². The number of rotatable bonds is 5. The van der Waals surface area contributed by atoms with Gasteiger partial charge in [-0.1, -0.05) is 6.92 Å². The Balaban J connectivity index is 1.88. The lowest BCUT2D eigenvalue weighted by Crippen LogP contribution is -2.34. The largest absolute Gasteiger partial charge is 0.494 e. The summed E-state index contributed by atoms with van der Waals surface area (Å²) in [7, 11) is 1.58. The molecule has 5 heteroatoms. The van der Waals surface area contributed by atoms with Crippen LogP contribution in [0.2, 0.25) is 0 Å². The minimum Gasteiger partial charge on any atom is -0.494 e. The normalized spacial score (nSPS) is 20.2. The van der Waals surface area contributed by atoms with Crippen LogP contribution in [0.15, 0.2) is 18.5 Å². The molecule has 2 N–H and O–H groups in total. The maximum Gasteiger partial charge on any atom is 0.224 e. The Kier molecular flexibility index (Phi) is 5.35. The first kappa shape index (κ1) is 14.8. The van der Waals surface area contributed by atoms with Crippen LogP contribution in [0.5, 0.6) is 5.75 Å². The number of carbonyl (C=O) groups is 1. The van der Waals surface area contributed by atoms with Crippen LogP contribution in [-0.4, -0.2) is 31.1 Å². The van der Waals surface area contributed by atoms with Crippen LogP contribution in [-0.2, 0) is 4.79 Å². The number of hydrogen-bond donors (Lipinski definition) is 2. The summed E-state index contributed by atoms with van der Waals surface area (Å²) in [5.74, 6) is 1.63. The maximum absolute atomic E-state index is 12.1. The molecule has 1 aliphatic heterocycles. The van der Waals surface area contributed by atoms with E-state index in [0.29, 0.717) is 29.7 Å². The summed E-state index contributed by atoms with van der Waals surface area (Å²) in [6.45, 7) is 4.27. The average molecular weight is 277 g/mol. The number of piperidine rings is 1. The minimum atomic E-state index is 0.0226. The second-order valence-electron chi connectivity index (χ2n) is 5.41. The third-order valence-corrected chi connectivity index (χ3v) is 3.92. The third-order valence-electron chi connectivity index (χ3n) is 3.92. The number of ether oxygens (including phenoxy) is 1. The van der Waals surface area contributed by atoms with E-state index in [-0.39, 0.29) is 5.91 Å². The summed E-state index contributed by atoms with van der Waals surface area (Å²) in [6.07, 6.45) is 6.20. The molecule has 0 aromatic carbocycles. The number of nitrogens with one attached hydrogen (secondary N) is 2. The molecule has 1 fully saturated rings. The molecule has 2 heterocycles. The molecule has 0 saturated carbocycles. The number of carbonyl (C=O) groups excluding carboxylic acids is 1. The highest BCUT2D eigenvalue weighted by molar-refractivity contribution is 5.92. The predicted molar refractivity (Wildman–Crippen MR) is 78.8 cm³/mol. The molecule has 2 unspecified atom stereocenters. The fraction of sp³-hybridized carbons (Fsp3) is 0.600. The van der Waals surface area contributed by atoms with Crippen molar-refractivity contribution in [3.05, 3.63) is 18.5 Å². The average Bonchev–Trinajstić information content (AvgIpc) is 2.48. The van der Waals surface area contributed by atoms with Gasteiger partial charge in [0.2, 0.25) is 5.91 Å². The topological polar surface area (TPSA) is 63.2 Å². The summed E-state index contributed by atoms with van der Waals surface area (Å²) in [4.78, 5) is 16.1. The quantitative estimate of drug-likeness (QED) is 0.864. The van der Waals surface area contributed by atoms with E-state index in [4.69, 9.17) is 4.74 Å². The zero-order valence-corrected chi connectivity index (χ0v) is 12.2. The van der Waals surface area contributed by atoms with Crippen molar-refractivity contribution >= 4 is 11.6 Å². The van der Waals surface area contributed by atoms with Gasteiger partial charge in [0.05, 0.1) is 13.3 Å². The first-order valence-electron chi connectivity index (χ1n) is 7.19. The lowest BCUT2D eigenvalue weighted by molar-refractivity contribution is -0.117. The molecule has 1 aromatic heterocycles. The first-order valence-corrected chi connectivity index (χ1v) is 7.19. The highest BCUT2D eigenvalue weighted by atomic mass is 16.5. The molecule has 1 saturated heterocycles. The van der Waals surface area contributed by atoms with Crippen molar-refractivity contribution in [3.8, 4) is 5.75 Å². The Hall–Kier alpha value is -1.62. The Bertz CT molecular complexity index is 444. The van der Waals surface area contributed by atoms with E-state index in [0.717, 1.165) is 13.1 Å². The Morgan fingerprint density at radius 3 is 3.20 bits per heavy atom. The number of methoxy groups -OCH3 is 1. The summed E-state index contributed by atoms with van der Waals surface area (Å²) in [5.41, 5.74) is 0.633. The van der Waals surface area contributed by atoms with Crippen LogP contribution in [0.4, 0.5) is 5.69 Å². The van der Waals surface area contributed by atoms with Crippen LogP contribution in [0, 0.1) is 11.8 Å². The highest BCUT2D eigenvalue weighted by Gasteiger charge is 2.22. The van der Waals surface area contributed by atoms with E-state index in [1.54, 1.807) is 25.6 Å². The molecule has 2 rings (SSSR count). The Morgan fingerprint density at radius 2 is 2.50 bits per heavy atom. The number of pyridine rings is 1. The van der Waals surface area contributed by atoms with Gasteiger partial charge in [-0.05, 0) is 37.8 Å². The monoisotopic (exact) mass is 277 g/mol. The second kappa shape index (κ2) is 7.24. The summed E-state index contributed by atoms with van der Waals surface area (Å²) in [5, 5.41) is 6.28. The third kappa shape index (κ3) is 3.93. The zero-order valence-electron chi connectivity index (χ0n) is 12.2. The molecule has 0 spiro atoms. The van der Waals surface area contributed by atoms with Gasteiger partial charge in [-0.15, -0.1) is 0 Å².